The highest BCUT2D eigenvalue weighted by molar-refractivity contribution is 7.92. The molecule has 2 rings (SSSR count). The van der Waals surface area contributed by atoms with Crippen LogP contribution in [0.25, 0.3) is 0 Å². The van der Waals surface area contributed by atoms with Crippen molar-refractivity contribution >= 4 is 56.1 Å². The average Bonchev–Trinajstić information content (AvgIpc) is 3.03. The Bertz CT molecular complexity index is 864. The van der Waals surface area contributed by atoms with Gasteiger partial charge in [-0.15, -0.1) is 11.3 Å². The lowest BCUT2D eigenvalue weighted by atomic mass is 10.1. The molecule has 1 unspecified atom stereocenters. The first-order valence-electron chi connectivity index (χ1n) is 6.78. The first kappa shape index (κ1) is 18.9. The summed E-state index contributed by atoms with van der Waals surface area (Å²) in [5, 5.41) is 0.471. The summed E-state index contributed by atoms with van der Waals surface area (Å²) in [6.45, 7) is 0. The fraction of sp³-hybridized carbons (Fsp3) is 0.200. The van der Waals surface area contributed by atoms with Crippen molar-refractivity contribution in [3.05, 3.63) is 50.6 Å². The van der Waals surface area contributed by atoms with Crippen LogP contribution in [0.1, 0.15) is 22.5 Å². The molecule has 9 heteroatoms. The third-order valence-electron chi connectivity index (χ3n) is 3.34. The number of carbonyl (C=O) groups excluding carboxylic acids is 2. The number of nitrogens with two attached hydrogens (primary N) is 1. The van der Waals surface area contributed by atoms with Crippen molar-refractivity contribution in [1.29, 1.82) is 0 Å². The molecule has 2 N–H and O–H groups in total. The normalized spacial score (nSPS) is 12.8. The molecule has 0 aliphatic rings. The molecule has 0 spiro atoms. The summed E-state index contributed by atoms with van der Waals surface area (Å²) >= 11 is 12.9. The summed E-state index contributed by atoms with van der Waals surface area (Å²) in [5.41, 5.74) is 5.25. The number of amides is 1. The number of benzene rings is 1. The van der Waals surface area contributed by atoms with E-state index < -0.39 is 21.0 Å². The maximum absolute atomic E-state index is 12.6. The SMILES string of the molecule is NC(=O)C(CCC(=O)c1cccs1)S(=O)(=O)c1ccc(Cl)c(Cl)c1. The average molecular weight is 406 g/mol. The molecule has 0 saturated heterocycles. The molecule has 24 heavy (non-hydrogen) atoms. The van der Waals surface area contributed by atoms with Gasteiger partial charge in [0.05, 0.1) is 19.8 Å². The minimum atomic E-state index is -4.07. The Balaban J connectivity index is 2.24. The molecule has 1 atom stereocenters. The summed E-state index contributed by atoms with van der Waals surface area (Å²) in [6, 6.07) is 7.10. The first-order chi connectivity index (χ1) is 11.2. The monoisotopic (exact) mass is 405 g/mol. The van der Waals surface area contributed by atoms with E-state index in [2.05, 4.69) is 0 Å². The highest BCUT2D eigenvalue weighted by Gasteiger charge is 2.33. The highest BCUT2D eigenvalue weighted by Crippen LogP contribution is 2.28. The van der Waals surface area contributed by atoms with Crippen LogP contribution in [0.3, 0.4) is 0 Å². The van der Waals surface area contributed by atoms with Crippen molar-refractivity contribution in [2.24, 2.45) is 5.73 Å². The predicted octanol–water partition coefficient (Wildman–Crippen LogP) is 3.35. The first-order valence-corrected chi connectivity index (χ1v) is 9.96. The fourth-order valence-electron chi connectivity index (χ4n) is 2.09. The second-order valence-electron chi connectivity index (χ2n) is 4.95. The molecule has 0 fully saturated rings. The van der Waals surface area contributed by atoms with Crippen LogP contribution >= 0.6 is 34.5 Å². The second-order valence-corrected chi connectivity index (χ2v) is 8.84. The number of hydrogen-bond donors (Lipinski definition) is 1. The Morgan fingerprint density at radius 2 is 1.88 bits per heavy atom. The molecule has 0 aliphatic carbocycles. The van der Waals surface area contributed by atoms with Crippen molar-refractivity contribution in [2.75, 3.05) is 0 Å². The van der Waals surface area contributed by atoms with E-state index >= 15 is 0 Å². The van der Waals surface area contributed by atoms with Gasteiger partial charge >= 0.3 is 0 Å². The molecule has 1 amide bonds. The van der Waals surface area contributed by atoms with Crippen LogP contribution in [0.15, 0.2) is 40.6 Å². The van der Waals surface area contributed by atoms with E-state index in [0.717, 1.165) is 6.07 Å². The van der Waals surface area contributed by atoms with Gasteiger partial charge in [-0.1, -0.05) is 29.3 Å². The number of hydrogen-bond acceptors (Lipinski definition) is 5. The minimum Gasteiger partial charge on any atom is -0.369 e. The lowest BCUT2D eigenvalue weighted by Crippen LogP contribution is -2.36. The zero-order chi connectivity index (χ0) is 17.9. The molecule has 1 aromatic carbocycles. The van der Waals surface area contributed by atoms with Crippen molar-refractivity contribution in [2.45, 2.75) is 23.0 Å². The van der Waals surface area contributed by atoms with Crippen molar-refractivity contribution in [3.8, 4) is 0 Å². The van der Waals surface area contributed by atoms with Gasteiger partial charge in [0.25, 0.3) is 0 Å². The molecule has 0 saturated carbocycles. The molecule has 0 aliphatic heterocycles. The van der Waals surface area contributed by atoms with E-state index in [9.17, 15) is 18.0 Å². The highest BCUT2D eigenvalue weighted by atomic mass is 35.5. The van der Waals surface area contributed by atoms with Gasteiger partial charge in [-0.2, -0.15) is 0 Å². The van der Waals surface area contributed by atoms with Gasteiger partial charge in [0, 0.05) is 6.42 Å². The quantitative estimate of drug-likeness (QED) is 0.714. The lowest BCUT2D eigenvalue weighted by molar-refractivity contribution is -0.117. The predicted molar refractivity (Wildman–Crippen MR) is 94.5 cm³/mol. The summed E-state index contributed by atoms with van der Waals surface area (Å²) in [7, 11) is -4.07. The molecule has 0 radical (unpaired) electrons. The number of rotatable bonds is 7. The van der Waals surface area contributed by atoms with Gasteiger partial charge in [0.15, 0.2) is 15.6 Å². The number of Topliss-reactive ketones (excluding diaryl/α,β-unsaturated/α-hetero) is 1. The van der Waals surface area contributed by atoms with Crippen LogP contribution in [0.5, 0.6) is 0 Å². The third kappa shape index (κ3) is 4.16. The van der Waals surface area contributed by atoms with Crippen molar-refractivity contribution < 1.29 is 18.0 Å². The summed E-state index contributed by atoms with van der Waals surface area (Å²) in [5.74, 6) is -1.25. The van der Waals surface area contributed by atoms with Gasteiger partial charge in [0.2, 0.25) is 5.91 Å². The molecular weight excluding hydrogens is 393 g/mol. The van der Waals surface area contributed by atoms with Crippen LogP contribution in [-0.4, -0.2) is 25.4 Å². The van der Waals surface area contributed by atoms with Gasteiger partial charge in [-0.25, -0.2) is 8.42 Å². The Morgan fingerprint density at radius 3 is 2.42 bits per heavy atom. The number of sulfone groups is 1. The summed E-state index contributed by atoms with van der Waals surface area (Å²) < 4.78 is 25.3. The zero-order valence-corrected chi connectivity index (χ0v) is 15.4. The third-order valence-corrected chi connectivity index (χ3v) is 7.12. The van der Waals surface area contributed by atoms with Gasteiger partial charge in [0.1, 0.15) is 5.25 Å². The van der Waals surface area contributed by atoms with Gasteiger partial charge in [-0.05, 0) is 36.1 Å². The van der Waals surface area contributed by atoms with E-state index in [1.165, 1.54) is 23.5 Å². The van der Waals surface area contributed by atoms with Crippen LogP contribution in [0.4, 0.5) is 0 Å². The standard InChI is InChI=1S/C15H13Cl2NO4S2/c16-10-4-3-9(8-11(10)17)24(21,22)14(15(18)20)6-5-12(19)13-2-1-7-23-13/h1-4,7-8,14H,5-6H2,(H2,18,20). The Labute approximate surface area is 153 Å². The second kappa shape index (κ2) is 7.65. The molecule has 1 aromatic heterocycles. The van der Waals surface area contributed by atoms with E-state index in [-0.39, 0.29) is 33.6 Å². The molecule has 0 bridgehead atoms. The van der Waals surface area contributed by atoms with E-state index in [1.54, 1.807) is 17.5 Å². The molecule has 2 aromatic rings. The van der Waals surface area contributed by atoms with Crippen molar-refractivity contribution in [3.63, 3.8) is 0 Å². The fourth-order valence-corrected chi connectivity index (χ4v) is 4.75. The van der Waals surface area contributed by atoms with E-state index in [0.29, 0.717) is 4.88 Å². The molecule has 128 valence electrons. The maximum atomic E-state index is 12.6. The zero-order valence-electron chi connectivity index (χ0n) is 12.2. The smallest absolute Gasteiger partial charge is 0.236 e. The number of ketones is 1. The topological polar surface area (TPSA) is 94.3 Å². The van der Waals surface area contributed by atoms with Crippen LogP contribution in [-0.2, 0) is 14.6 Å². The van der Waals surface area contributed by atoms with Gasteiger partial charge < -0.3 is 5.73 Å². The Morgan fingerprint density at radius 1 is 1.17 bits per heavy atom. The van der Waals surface area contributed by atoms with Crippen LogP contribution < -0.4 is 5.73 Å². The van der Waals surface area contributed by atoms with Crippen molar-refractivity contribution in [1.82, 2.24) is 0 Å². The van der Waals surface area contributed by atoms with Crippen LogP contribution in [0, 0.1) is 0 Å². The van der Waals surface area contributed by atoms with E-state index in [1.807, 2.05) is 0 Å². The number of primary amides is 1. The molecule has 1 heterocycles. The largest absolute Gasteiger partial charge is 0.369 e. The minimum absolute atomic E-state index is 0.0515. The van der Waals surface area contributed by atoms with Gasteiger partial charge in [-0.3, -0.25) is 9.59 Å². The Hall–Kier alpha value is -1.41. The number of carbonyl (C=O) groups is 2. The molecular formula is C15H13Cl2NO4S2. The molecule has 5 nitrogen and oxygen atoms in total. The lowest BCUT2D eigenvalue weighted by Gasteiger charge is -2.14. The maximum Gasteiger partial charge on any atom is 0.236 e. The summed E-state index contributed by atoms with van der Waals surface area (Å²) in [6.07, 6.45) is -0.302. The Kier molecular flexibility index (Phi) is 6.03. The van der Waals surface area contributed by atoms with E-state index in [4.69, 9.17) is 28.9 Å². The number of thiophene rings is 1. The van der Waals surface area contributed by atoms with Crippen LogP contribution in [0.2, 0.25) is 10.0 Å². The number of halogens is 2. The summed E-state index contributed by atoms with van der Waals surface area (Å²) in [4.78, 5) is 24.0.